The number of amides is 3. The Balaban J connectivity index is 2.57. The second-order valence-electron chi connectivity index (χ2n) is 6.68. The third-order valence-corrected chi connectivity index (χ3v) is 5.22. The zero-order valence-corrected chi connectivity index (χ0v) is 18.7. The second kappa shape index (κ2) is 13.8. The number of hydrogen-bond acceptors (Lipinski definition) is 8. The van der Waals surface area contributed by atoms with Crippen LogP contribution in [0.5, 0.6) is 5.75 Å². The van der Waals surface area contributed by atoms with Crippen molar-refractivity contribution < 1.29 is 29.4 Å². The van der Waals surface area contributed by atoms with Crippen LogP contribution in [0.1, 0.15) is 12.0 Å². The van der Waals surface area contributed by atoms with E-state index in [1.807, 2.05) is 6.26 Å². The summed E-state index contributed by atoms with van der Waals surface area (Å²) >= 11 is 5.36. The van der Waals surface area contributed by atoms with E-state index in [-0.39, 0.29) is 30.9 Å². The lowest BCUT2D eigenvalue weighted by atomic mass is 10.1. The van der Waals surface area contributed by atoms with Crippen molar-refractivity contribution >= 4 is 48.1 Å². The number of carbonyl (C=O) groups excluding carboxylic acids is 3. The van der Waals surface area contributed by atoms with E-state index in [1.165, 1.54) is 23.9 Å². The van der Waals surface area contributed by atoms with Crippen LogP contribution in [0.25, 0.3) is 0 Å². The molecule has 0 aromatic heterocycles. The maximum absolute atomic E-state index is 12.4. The first-order chi connectivity index (χ1) is 14.7. The Morgan fingerprint density at radius 1 is 1.10 bits per heavy atom. The van der Waals surface area contributed by atoms with E-state index in [2.05, 4.69) is 28.6 Å². The normalized spacial score (nSPS) is 13.5. The van der Waals surface area contributed by atoms with Crippen LogP contribution in [0.3, 0.4) is 0 Å². The first-order valence-electron chi connectivity index (χ1n) is 9.41. The lowest BCUT2D eigenvalue weighted by Gasteiger charge is -2.21. The van der Waals surface area contributed by atoms with E-state index in [0.717, 1.165) is 5.56 Å². The zero-order valence-electron chi connectivity index (χ0n) is 17.0. The number of nitrogens with two attached hydrogens (primary N) is 1. The fraction of sp³-hybridized carbons (Fsp3) is 0.474. The third-order valence-electron chi connectivity index (χ3n) is 4.21. The Morgan fingerprint density at radius 3 is 2.29 bits per heavy atom. The molecule has 0 radical (unpaired) electrons. The van der Waals surface area contributed by atoms with Crippen LogP contribution in [0.15, 0.2) is 24.3 Å². The molecule has 0 heterocycles. The molecule has 0 aliphatic carbocycles. The number of carboxylic acid groups (broad SMARTS) is 1. The second-order valence-corrected chi connectivity index (χ2v) is 8.03. The molecule has 172 valence electrons. The van der Waals surface area contributed by atoms with Gasteiger partial charge >= 0.3 is 5.97 Å². The average molecular weight is 473 g/mol. The van der Waals surface area contributed by atoms with E-state index < -0.39 is 41.8 Å². The van der Waals surface area contributed by atoms with Crippen molar-refractivity contribution in [3.63, 3.8) is 0 Å². The highest BCUT2D eigenvalue weighted by Gasteiger charge is 2.26. The molecule has 3 unspecified atom stereocenters. The van der Waals surface area contributed by atoms with E-state index >= 15 is 0 Å². The number of rotatable bonds is 13. The Morgan fingerprint density at radius 2 is 1.74 bits per heavy atom. The van der Waals surface area contributed by atoms with Crippen molar-refractivity contribution in [2.24, 2.45) is 5.73 Å². The first-order valence-corrected chi connectivity index (χ1v) is 11.4. The minimum absolute atomic E-state index is 0.0980. The molecule has 0 aliphatic heterocycles. The molecule has 1 rings (SSSR count). The molecule has 0 spiro atoms. The Kier molecular flexibility index (Phi) is 11.8. The summed E-state index contributed by atoms with van der Waals surface area (Å²) in [7, 11) is 0. The topological polar surface area (TPSA) is 171 Å². The Hall–Kier alpha value is -2.44. The zero-order chi connectivity index (χ0) is 23.4. The number of thioether (sulfide) groups is 1. The van der Waals surface area contributed by atoms with Crippen LogP contribution in [0.2, 0.25) is 0 Å². The highest BCUT2D eigenvalue weighted by Crippen LogP contribution is 2.10. The van der Waals surface area contributed by atoms with Gasteiger partial charge in [-0.25, -0.2) is 4.79 Å². The lowest BCUT2D eigenvalue weighted by molar-refractivity contribution is -0.141. The SMILES string of the molecule is CSCCC(NC(=O)CNC(=O)C(N)Cc1ccc(O)cc1)C(=O)NC(CS)C(=O)O. The van der Waals surface area contributed by atoms with Crippen molar-refractivity contribution in [2.45, 2.75) is 31.0 Å². The van der Waals surface area contributed by atoms with Crippen LogP contribution < -0.4 is 21.7 Å². The maximum atomic E-state index is 12.4. The van der Waals surface area contributed by atoms with Crippen LogP contribution in [-0.2, 0) is 25.6 Å². The summed E-state index contributed by atoms with van der Waals surface area (Å²) in [6.07, 6.45) is 2.33. The van der Waals surface area contributed by atoms with Crippen molar-refractivity contribution in [3.05, 3.63) is 29.8 Å². The van der Waals surface area contributed by atoms with Crippen LogP contribution in [0, 0.1) is 0 Å². The number of benzene rings is 1. The molecule has 12 heteroatoms. The quantitative estimate of drug-likeness (QED) is 0.181. The van der Waals surface area contributed by atoms with Gasteiger partial charge in [-0.05, 0) is 42.5 Å². The lowest BCUT2D eigenvalue weighted by Crippen LogP contribution is -2.54. The number of nitrogens with one attached hydrogen (secondary N) is 3. The van der Waals surface area contributed by atoms with Gasteiger partial charge < -0.3 is 31.9 Å². The van der Waals surface area contributed by atoms with Gasteiger partial charge in [0.1, 0.15) is 17.8 Å². The molecule has 0 saturated heterocycles. The molecule has 0 bridgehead atoms. The van der Waals surface area contributed by atoms with Crippen molar-refractivity contribution in [1.29, 1.82) is 0 Å². The molecular formula is C19H28N4O6S2. The molecule has 3 amide bonds. The number of aromatic hydroxyl groups is 1. The number of aliphatic carboxylic acids is 1. The van der Waals surface area contributed by atoms with Gasteiger partial charge in [-0.3, -0.25) is 14.4 Å². The van der Waals surface area contributed by atoms with Gasteiger partial charge in [0, 0.05) is 5.75 Å². The minimum atomic E-state index is -1.23. The fourth-order valence-electron chi connectivity index (χ4n) is 2.48. The molecule has 3 atom stereocenters. The average Bonchev–Trinajstić information content (AvgIpc) is 2.74. The number of hydrogen-bond donors (Lipinski definition) is 7. The summed E-state index contributed by atoms with van der Waals surface area (Å²) < 4.78 is 0. The van der Waals surface area contributed by atoms with E-state index in [9.17, 15) is 24.3 Å². The smallest absolute Gasteiger partial charge is 0.327 e. The highest BCUT2D eigenvalue weighted by molar-refractivity contribution is 7.98. The maximum Gasteiger partial charge on any atom is 0.327 e. The van der Waals surface area contributed by atoms with Crippen LogP contribution >= 0.6 is 24.4 Å². The summed E-state index contributed by atoms with van der Waals surface area (Å²) in [5.74, 6) is -2.46. The molecular weight excluding hydrogens is 444 g/mol. The van der Waals surface area contributed by atoms with E-state index in [0.29, 0.717) is 5.75 Å². The molecule has 0 saturated carbocycles. The molecule has 31 heavy (non-hydrogen) atoms. The number of carboxylic acids is 1. The van der Waals surface area contributed by atoms with Crippen molar-refractivity contribution in [3.8, 4) is 5.75 Å². The molecule has 0 fully saturated rings. The highest BCUT2D eigenvalue weighted by atomic mass is 32.2. The van der Waals surface area contributed by atoms with Gasteiger partial charge in [-0.15, -0.1) is 0 Å². The summed E-state index contributed by atoms with van der Waals surface area (Å²) in [6, 6.07) is 3.20. The number of phenolic OH excluding ortho intramolecular Hbond substituents is 1. The van der Waals surface area contributed by atoms with Gasteiger partial charge in [0.2, 0.25) is 17.7 Å². The predicted molar refractivity (Wildman–Crippen MR) is 121 cm³/mol. The molecule has 0 aliphatic rings. The predicted octanol–water partition coefficient (Wildman–Crippen LogP) is -0.885. The minimum Gasteiger partial charge on any atom is -0.508 e. The van der Waals surface area contributed by atoms with Crippen molar-refractivity contribution in [2.75, 3.05) is 24.3 Å². The van der Waals surface area contributed by atoms with Gasteiger partial charge in [0.25, 0.3) is 0 Å². The monoisotopic (exact) mass is 472 g/mol. The first kappa shape index (κ1) is 26.6. The number of carbonyl (C=O) groups is 4. The third kappa shape index (κ3) is 9.94. The summed E-state index contributed by atoms with van der Waals surface area (Å²) in [4.78, 5) is 47.8. The van der Waals surface area contributed by atoms with Crippen LogP contribution in [0.4, 0.5) is 0 Å². The molecule has 1 aromatic rings. The molecule has 7 N–H and O–H groups in total. The fourth-order valence-corrected chi connectivity index (χ4v) is 3.20. The standard InChI is InChI=1S/C19H28N4O6S2/c1-31-7-6-14(18(27)23-15(10-30)19(28)29)22-16(25)9-21-17(26)13(20)8-11-2-4-12(24)5-3-11/h2-5,13-15,24,30H,6-10,20H2,1H3,(H,21,26)(H,22,25)(H,23,27)(H,28,29). The van der Waals surface area contributed by atoms with Gasteiger partial charge in [0.05, 0.1) is 12.6 Å². The van der Waals surface area contributed by atoms with Gasteiger partial charge in [-0.2, -0.15) is 24.4 Å². The van der Waals surface area contributed by atoms with Crippen LogP contribution in [-0.4, -0.2) is 76.3 Å². The van der Waals surface area contributed by atoms with E-state index in [1.54, 1.807) is 12.1 Å². The summed E-state index contributed by atoms with van der Waals surface area (Å²) in [5, 5.41) is 25.6. The largest absolute Gasteiger partial charge is 0.508 e. The van der Waals surface area contributed by atoms with Crippen molar-refractivity contribution in [1.82, 2.24) is 16.0 Å². The summed E-state index contributed by atoms with van der Waals surface area (Å²) in [6.45, 7) is -0.389. The summed E-state index contributed by atoms with van der Waals surface area (Å²) in [5.41, 5.74) is 6.60. The van der Waals surface area contributed by atoms with Gasteiger partial charge in [-0.1, -0.05) is 12.1 Å². The van der Waals surface area contributed by atoms with E-state index in [4.69, 9.17) is 10.8 Å². The van der Waals surface area contributed by atoms with Gasteiger partial charge in [0.15, 0.2) is 0 Å². The molecule has 1 aromatic carbocycles. The Labute approximate surface area is 190 Å². The number of phenols is 1. The number of thiol groups is 1. The molecule has 10 nitrogen and oxygen atoms in total. The Bertz CT molecular complexity index is 762.